The second-order valence-corrected chi connectivity index (χ2v) is 8.46. The highest BCUT2D eigenvalue weighted by molar-refractivity contribution is 7.12. The molecule has 1 aromatic carbocycles. The van der Waals surface area contributed by atoms with Crippen molar-refractivity contribution in [3.63, 3.8) is 0 Å². The molecule has 5 nitrogen and oxygen atoms in total. The number of aliphatic hydroxyl groups is 1. The third-order valence-electron chi connectivity index (χ3n) is 5.05. The number of aliphatic hydroxyl groups excluding tert-OH is 1. The highest BCUT2D eigenvalue weighted by Crippen LogP contribution is 2.33. The predicted octanol–water partition coefficient (Wildman–Crippen LogP) is 3.97. The number of rotatable bonds is 9. The minimum atomic E-state index is -3.43. The minimum absolute atomic E-state index is 0.0431. The third-order valence-corrected chi connectivity index (χ3v) is 6.18. The summed E-state index contributed by atoms with van der Waals surface area (Å²) in [6.45, 7) is 0.330. The van der Waals surface area contributed by atoms with Gasteiger partial charge in [0, 0.05) is 21.7 Å². The second kappa shape index (κ2) is 9.49. The molecule has 2 heterocycles. The van der Waals surface area contributed by atoms with Crippen molar-refractivity contribution in [1.29, 1.82) is 0 Å². The number of aryl methyl sites for hydroxylation is 1. The molecule has 1 aromatic heterocycles. The van der Waals surface area contributed by atoms with Gasteiger partial charge < -0.3 is 15.1 Å². The molecule has 1 unspecified atom stereocenters. The number of benzene rings is 1. The van der Waals surface area contributed by atoms with Crippen molar-refractivity contribution >= 4 is 23.2 Å². The number of hydrogen-bond acceptors (Lipinski definition) is 4. The summed E-state index contributed by atoms with van der Waals surface area (Å²) in [7, 11) is 0. The van der Waals surface area contributed by atoms with Crippen LogP contribution in [-0.4, -0.2) is 39.1 Å². The SMILES string of the molecule is O=C(O)CCc1ccc(CN2C(=O)CC[C@@H]2/C=C/C(O)C(F)(F)c2ccccc2)s1. The third kappa shape index (κ3) is 5.31. The zero-order chi connectivity index (χ0) is 21.7. The number of alkyl halides is 2. The van der Waals surface area contributed by atoms with Gasteiger partial charge in [-0.1, -0.05) is 42.5 Å². The van der Waals surface area contributed by atoms with Gasteiger partial charge in [0.15, 0.2) is 0 Å². The number of carbonyl (C=O) groups is 2. The number of carboxylic acid groups (broad SMARTS) is 1. The van der Waals surface area contributed by atoms with Crippen LogP contribution in [0.1, 0.15) is 34.6 Å². The molecule has 0 aliphatic carbocycles. The number of likely N-dealkylation sites (tertiary alicyclic amines) is 1. The topological polar surface area (TPSA) is 77.8 Å². The van der Waals surface area contributed by atoms with Crippen LogP contribution in [0, 0.1) is 0 Å². The average Bonchev–Trinajstić information content (AvgIpc) is 3.32. The smallest absolute Gasteiger partial charge is 0.303 e. The summed E-state index contributed by atoms with van der Waals surface area (Å²) >= 11 is 1.44. The lowest BCUT2D eigenvalue weighted by atomic mass is 10.0. The van der Waals surface area contributed by atoms with Crippen LogP contribution in [-0.2, 0) is 28.5 Å². The lowest BCUT2D eigenvalue weighted by Gasteiger charge is -2.24. The van der Waals surface area contributed by atoms with Crippen LogP contribution in [0.15, 0.2) is 54.6 Å². The highest BCUT2D eigenvalue weighted by atomic mass is 32.1. The Morgan fingerprint density at radius 2 is 1.93 bits per heavy atom. The number of halogens is 2. The lowest BCUT2D eigenvalue weighted by molar-refractivity contribution is -0.137. The van der Waals surface area contributed by atoms with Crippen molar-refractivity contribution in [2.75, 3.05) is 0 Å². The van der Waals surface area contributed by atoms with Gasteiger partial charge in [0.2, 0.25) is 5.91 Å². The van der Waals surface area contributed by atoms with Crippen molar-refractivity contribution in [2.45, 2.75) is 50.3 Å². The first kappa shape index (κ1) is 22.1. The molecule has 160 valence electrons. The normalized spacial score (nSPS) is 18.3. The molecule has 2 aromatic rings. The van der Waals surface area contributed by atoms with Gasteiger partial charge in [-0.3, -0.25) is 9.59 Å². The summed E-state index contributed by atoms with van der Waals surface area (Å²) in [5.74, 6) is -4.37. The molecule has 1 aliphatic rings. The van der Waals surface area contributed by atoms with Gasteiger partial charge >= 0.3 is 11.9 Å². The van der Waals surface area contributed by atoms with Crippen LogP contribution in [0.25, 0.3) is 0 Å². The van der Waals surface area contributed by atoms with Crippen LogP contribution in [0.3, 0.4) is 0 Å². The molecule has 1 amide bonds. The molecule has 0 spiro atoms. The van der Waals surface area contributed by atoms with Crippen LogP contribution in [0.4, 0.5) is 8.78 Å². The largest absolute Gasteiger partial charge is 0.481 e. The molecular weight excluding hydrogens is 412 g/mol. The first-order chi connectivity index (χ1) is 14.3. The van der Waals surface area contributed by atoms with E-state index in [0.717, 1.165) is 15.8 Å². The molecule has 8 heteroatoms. The summed E-state index contributed by atoms with van der Waals surface area (Å²) in [6, 6.07) is 10.5. The molecule has 30 heavy (non-hydrogen) atoms. The zero-order valence-corrected chi connectivity index (χ0v) is 17.0. The fourth-order valence-corrected chi connectivity index (χ4v) is 4.40. The van der Waals surface area contributed by atoms with E-state index in [9.17, 15) is 23.5 Å². The molecule has 2 atom stereocenters. The van der Waals surface area contributed by atoms with Crippen LogP contribution in [0.5, 0.6) is 0 Å². The monoisotopic (exact) mass is 435 g/mol. The molecular formula is C22H23F2NO4S. The van der Waals surface area contributed by atoms with Gasteiger partial charge in [-0.25, -0.2) is 0 Å². The quantitative estimate of drug-likeness (QED) is 0.585. The number of carboxylic acids is 1. The fraction of sp³-hybridized carbons (Fsp3) is 0.364. The first-order valence-corrected chi connectivity index (χ1v) is 10.5. The molecule has 1 aliphatic heterocycles. The highest BCUT2D eigenvalue weighted by Gasteiger charge is 2.39. The second-order valence-electron chi connectivity index (χ2n) is 7.21. The van der Waals surface area contributed by atoms with E-state index < -0.39 is 18.0 Å². The Bertz CT molecular complexity index is 913. The number of nitrogens with zero attached hydrogens (tertiary/aromatic N) is 1. The Labute approximate surface area is 177 Å². The number of hydrogen-bond donors (Lipinski definition) is 2. The minimum Gasteiger partial charge on any atom is -0.481 e. The summed E-state index contributed by atoms with van der Waals surface area (Å²) < 4.78 is 28.9. The maximum Gasteiger partial charge on any atom is 0.303 e. The summed E-state index contributed by atoms with van der Waals surface area (Å²) in [5.41, 5.74) is -0.269. The Kier molecular flexibility index (Phi) is 6.99. The van der Waals surface area contributed by atoms with Crippen molar-refractivity contribution in [1.82, 2.24) is 4.90 Å². The van der Waals surface area contributed by atoms with Gasteiger partial charge in [0.25, 0.3) is 0 Å². The Morgan fingerprint density at radius 1 is 1.23 bits per heavy atom. The summed E-state index contributed by atoms with van der Waals surface area (Å²) in [5, 5.41) is 18.8. The maximum absolute atomic E-state index is 14.5. The van der Waals surface area contributed by atoms with Crippen LogP contribution in [0.2, 0.25) is 0 Å². The van der Waals surface area contributed by atoms with Gasteiger partial charge in [-0.05, 0) is 25.0 Å². The zero-order valence-electron chi connectivity index (χ0n) is 16.2. The van der Waals surface area contributed by atoms with Crippen molar-refractivity contribution < 1.29 is 28.6 Å². The fourth-order valence-electron chi connectivity index (χ4n) is 3.39. The van der Waals surface area contributed by atoms with Crippen LogP contribution >= 0.6 is 11.3 Å². The summed E-state index contributed by atoms with van der Waals surface area (Å²) in [6.07, 6.45) is 1.83. The molecule has 0 saturated carbocycles. The maximum atomic E-state index is 14.5. The van der Waals surface area contributed by atoms with Gasteiger partial charge in [0.1, 0.15) is 6.10 Å². The van der Waals surface area contributed by atoms with Gasteiger partial charge in [-0.15, -0.1) is 11.3 Å². The average molecular weight is 435 g/mol. The van der Waals surface area contributed by atoms with Gasteiger partial charge in [0.05, 0.1) is 19.0 Å². The standard InChI is InChI=1S/C22H23F2NO4S/c23-22(24,15-4-2-1-3-5-15)19(26)11-6-16-7-12-20(27)25(16)14-18-9-8-17(30-18)10-13-21(28)29/h1-6,8-9,11,16,19,26H,7,10,12-14H2,(H,28,29)/b11-6+/t16-,19?/m0/s1. The number of thiophene rings is 1. The van der Waals surface area contributed by atoms with E-state index in [1.807, 2.05) is 12.1 Å². The van der Waals surface area contributed by atoms with E-state index in [-0.39, 0.29) is 23.9 Å². The van der Waals surface area contributed by atoms with E-state index >= 15 is 0 Å². The van der Waals surface area contributed by atoms with E-state index in [4.69, 9.17) is 5.11 Å². The molecule has 3 rings (SSSR count). The van der Waals surface area contributed by atoms with Crippen molar-refractivity contribution in [2.24, 2.45) is 0 Å². The van der Waals surface area contributed by atoms with E-state index in [1.54, 1.807) is 11.0 Å². The molecule has 2 N–H and O–H groups in total. The van der Waals surface area contributed by atoms with Crippen molar-refractivity contribution in [3.05, 3.63) is 69.9 Å². The number of aliphatic carboxylic acids is 1. The number of amides is 1. The predicted molar refractivity (Wildman–Crippen MR) is 109 cm³/mol. The Balaban J connectivity index is 1.65. The molecule has 1 saturated heterocycles. The van der Waals surface area contributed by atoms with E-state index in [0.29, 0.717) is 25.8 Å². The molecule has 1 fully saturated rings. The van der Waals surface area contributed by atoms with Gasteiger partial charge in [-0.2, -0.15) is 8.78 Å². The first-order valence-electron chi connectivity index (χ1n) is 9.66. The number of carbonyl (C=O) groups excluding carboxylic acids is 1. The summed E-state index contributed by atoms with van der Waals surface area (Å²) in [4.78, 5) is 26.4. The van der Waals surface area contributed by atoms with Crippen molar-refractivity contribution in [3.8, 4) is 0 Å². The lowest BCUT2D eigenvalue weighted by Crippen LogP contribution is -2.32. The Hall–Kier alpha value is -2.58. The Morgan fingerprint density at radius 3 is 2.63 bits per heavy atom. The molecule has 0 bridgehead atoms. The van der Waals surface area contributed by atoms with E-state index in [2.05, 4.69) is 0 Å². The molecule has 0 radical (unpaired) electrons. The van der Waals surface area contributed by atoms with E-state index in [1.165, 1.54) is 41.7 Å². The van der Waals surface area contributed by atoms with Crippen LogP contribution < -0.4 is 0 Å².